The molecule has 6 nitrogen and oxygen atoms in total. The lowest BCUT2D eigenvalue weighted by molar-refractivity contribution is -0.159. The quantitative estimate of drug-likeness (QED) is 0.660. The molecule has 2 unspecified atom stereocenters. The number of β-lactam (4-membered cyclic amide) rings is 1. The van der Waals surface area contributed by atoms with Gasteiger partial charge in [-0.15, -0.1) is 0 Å². The lowest BCUT2D eigenvalue weighted by Crippen LogP contribution is -2.62. The maximum Gasteiger partial charge on any atom is 0.334 e. The number of amides is 1. The van der Waals surface area contributed by atoms with E-state index in [4.69, 9.17) is 15.3 Å². The maximum atomic E-state index is 11.3. The lowest BCUT2D eigenvalue weighted by Gasteiger charge is -2.39. The van der Waals surface area contributed by atoms with Crippen molar-refractivity contribution in [3.8, 4) is 0 Å². The number of furan rings is 1. The van der Waals surface area contributed by atoms with Crippen molar-refractivity contribution in [2.75, 3.05) is 6.54 Å². The molecule has 15 heavy (non-hydrogen) atoms. The van der Waals surface area contributed by atoms with Gasteiger partial charge < -0.3 is 20.2 Å². The number of nitrogens with zero attached hydrogens (tertiary/aromatic N) is 1. The zero-order valence-corrected chi connectivity index (χ0v) is 7.79. The Hall–Kier alpha value is -1.82. The molecule has 0 saturated carbocycles. The van der Waals surface area contributed by atoms with Crippen LogP contribution in [0.25, 0.3) is 0 Å². The molecule has 1 amide bonds. The Labute approximate surface area is 85.3 Å². The first-order valence-electron chi connectivity index (χ1n) is 4.43. The highest BCUT2D eigenvalue weighted by atomic mass is 16.4. The molecule has 2 atom stereocenters. The van der Waals surface area contributed by atoms with Gasteiger partial charge in [0.15, 0.2) is 6.04 Å². The highest BCUT2D eigenvalue weighted by Gasteiger charge is 2.43. The van der Waals surface area contributed by atoms with Gasteiger partial charge in [-0.05, 0) is 12.1 Å². The number of likely N-dealkylation sites (tertiary alicyclic amines) is 1. The fraction of sp³-hybridized carbons (Fsp3) is 0.333. The van der Waals surface area contributed by atoms with Gasteiger partial charge in [-0.3, -0.25) is 4.79 Å². The molecule has 2 rings (SSSR count). The largest absolute Gasteiger partial charge is 0.479 e. The number of hydrogen-bond acceptors (Lipinski definition) is 4. The first-order valence-corrected chi connectivity index (χ1v) is 4.43. The van der Waals surface area contributed by atoms with Gasteiger partial charge in [-0.2, -0.15) is 0 Å². The van der Waals surface area contributed by atoms with Crippen molar-refractivity contribution in [1.82, 2.24) is 4.90 Å². The average Bonchev–Trinajstić information content (AvgIpc) is 2.69. The van der Waals surface area contributed by atoms with E-state index in [2.05, 4.69) is 0 Å². The first kappa shape index (κ1) is 9.72. The zero-order chi connectivity index (χ0) is 11.0. The normalized spacial score (nSPS) is 22.3. The summed E-state index contributed by atoms with van der Waals surface area (Å²) in [4.78, 5) is 23.5. The molecule has 0 radical (unpaired) electrons. The van der Waals surface area contributed by atoms with Gasteiger partial charge in [0, 0.05) is 6.54 Å². The van der Waals surface area contributed by atoms with Crippen LogP contribution in [0.3, 0.4) is 0 Å². The summed E-state index contributed by atoms with van der Waals surface area (Å²) in [6.07, 6.45) is 1.37. The molecule has 2 heterocycles. The maximum absolute atomic E-state index is 11.3. The molecule has 0 aromatic carbocycles. The van der Waals surface area contributed by atoms with Crippen LogP contribution < -0.4 is 5.73 Å². The van der Waals surface area contributed by atoms with Crippen LogP contribution in [-0.2, 0) is 9.59 Å². The predicted octanol–water partition coefficient (Wildman–Crippen LogP) is -0.425. The summed E-state index contributed by atoms with van der Waals surface area (Å²) in [5.74, 6) is -1.24. The summed E-state index contributed by atoms with van der Waals surface area (Å²) in [5.41, 5.74) is 5.39. The molecule has 1 aliphatic heterocycles. The Morgan fingerprint density at radius 3 is 2.87 bits per heavy atom. The van der Waals surface area contributed by atoms with E-state index in [1.54, 1.807) is 6.07 Å². The molecular formula is C9H10N2O4. The number of carbonyl (C=O) groups excluding carboxylic acids is 1. The summed E-state index contributed by atoms with van der Waals surface area (Å²) < 4.78 is 4.98. The van der Waals surface area contributed by atoms with Gasteiger partial charge in [-0.25, -0.2) is 4.79 Å². The van der Waals surface area contributed by atoms with Crippen molar-refractivity contribution in [2.45, 2.75) is 12.1 Å². The average molecular weight is 210 g/mol. The van der Waals surface area contributed by atoms with Gasteiger partial charge in [-0.1, -0.05) is 0 Å². The Morgan fingerprint density at radius 2 is 2.47 bits per heavy atom. The van der Waals surface area contributed by atoms with E-state index in [9.17, 15) is 9.59 Å². The van der Waals surface area contributed by atoms with Crippen LogP contribution in [0.4, 0.5) is 0 Å². The van der Waals surface area contributed by atoms with Gasteiger partial charge in [0.1, 0.15) is 11.8 Å². The second-order valence-electron chi connectivity index (χ2n) is 3.35. The molecule has 1 fully saturated rings. The first-order chi connectivity index (χ1) is 7.11. The SMILES string of the molecule is NC1CN(C(C(=O)O)c2ccco2)C1=O. The molecular weight excluding hydrogens is 200 g/mol. The summed E-state index contributed by atoms with van der Waals surface area (Å²) in [7, 11) is 0. The third-order valence-electron chi connectivity index (χ3n) is 2.35. The number of carboxylic acids is 1. The van der Waals surface area contributed by atoms with Gasteiger partial charge in [0.2, 0.25) is 5.91 Å². The molecule has 1 aliphatic rings. The lowest BCUT2D eigenvalue weighted by atomic mass is 10.0. The Kier molecular flexibility index (Phi) is 2.20. The number of nitrogens with two attached hydrogens (primary N) is 1. The van der Waals surface area contributed by atoms with E-state index in [0.717, 1.165) is 0 Å². The molecule has 1 saturated heterocycles. The standard InChI is InChI=1S/C9H10N2O4/c10-5-4-11(8(5)12)7(9(13)14)6-2-1-3-15-6/h1-3,5,7H,4,10H2,(H,13,14). The molecule has 0 spiro atoms. The second kappa shape index (κ2) is 3.39. The summed E-state index contributed by atoms with van der Waals surface area (Å²) in [6, 6.07) is 1.46. The third kappa shape index (κ3) is 1.48. The van der Waals surface area contributed by atoms with Crippen molar-refractivity contribution in [2.24, 2.45) is 5.73 Å². The molecule has 80 valence electrons. The van der Waals surface area contributed by atoms with Crippen molar-refractivity contribution in [3.63, 3.8) is 0 Å². The van der Waals surface area contributed by atoms with Crippen LogP contribution in [0.2, 0.25) is 0 Å². The molecule has 0 bridgehead atoms. The minimum absolute atomic E-state index is 0.239. The molecule has 6 heteroatoms. The van der Waals surface area contributed by atoms with Crippen LogP contribution in [0.15, 0.2) is 22.8 Å². The van der Waals surface area contributed by atoms with Crippen molar-refractivity contribution in [1.29, 1.82) is 0 Å². The predicted molar refractivity (Wildman–Crippen MR) is 48.8 cm³/mol. The second-order valence-corrected chi connectivity index (χ2v) is 3.35. The smallest absolute Gasteiger partial charge is 0.334 e. The number of hydrogen-bond donors (Lipinski definition) is 2. The van der Waals surface area contributed by atoms with E-state index < -0.39 is 18.1 Å². The van der Waals surface area contributed by atoms with Gasteiger partial charge in [0.05, 0.1) is 6.26 Å². The Morgan fingerprint density at radius 1 is 1.73 bits per heavy atom. The van der Waals surface area contributed by atoms with E-state index in [0.29, 0.717) is 0 Å². The summed E-state index contributed by atoms with van der Waals surface area (Å²) in [6.45, 7) is 0.247. The van der Waals surface area contributed by atoms with Crippen LogP contribution >= 0.6 is 0 Å². The molecule has 1 aromatic heterocycles. The van der Waals surface area contributed by atoms with Crippen molar-refractivity contribution >= 4 is 11.9 Å². The molecule has 3 N–H and O–H groups in total. The van der Waals surface area contributed by atoms with Crippen molar-refractivity contribution < 1.29 is 19.1 Å². The number of carbonyl (C=O) groups is 2. The molecule has 1 aromatic rings. The monoisotopic (exact) mass is 210 g/mol. The van der Waals surface area contributed by atoms with Crippen LogP contribution in [0.5, 0.6) is 0 Å². The van der Waals surface area contributed by atoms with Gasteiger partial charge in [0.25, 0.3) is 0 Å². The highest BCUT2D eigenvalue weighted by molar-refractivity contribution is 5.92. The van der Waals surface area contributed by atoms with Crippen LogP contribution in [-0.4, -0.2) is 34.5 Å². The Bertz CT molecular complexity index is 387. The highest BCUT2D eigenvalue weighted by Crippen LogP contribution is 2.26. The third-order valence-corrected chi connectivity index (χ3v) is 2.35. The molecule has 0 aliphatic carbocycles. The Balaban J connectivity index is 2.22. The number of carboxylic acid groups (broad SMARTS) is 1. The van der Waals surface area contributed by atoms with Gasteiger partial charge >= 0.3 is 5.97 Å². The minimum Gasteiger partial charge on any atom is -0.479 e. The summed E-state index contributed by atoms with van der Waals surface area (Å²) >= 11 is 0. The zero-order valence-electron chi connectivity index (χ0n) is 7.79. The fourth-order valence-corrected chi connectivity index (χ4v) is 1.57. The topological polar surface area (TPSA) is 96.8 Å². The summed E-state index contributed by atoms with van der Waals surface area (Å²) in [5, 5.41) is 8.99. The van der Waals surface area contributed by atoms with Crippen molar-refractivity contribution in [3.05, 3.63) is 24.2 Å². The van der Waals surface area contributed by atoms with E-state index >= 15 is 0 Å². The fourth-order valence-electron chi connectivity index (χ4n) is 1.57. The minimum atomic E-state index is -1.12. The van der Waals surface area contributed by atoms with Crippen LogP contribution in [0.1, 0.15) is 11.8 Å². The van der Waals surface area contributed by atoms with E-state index in [1.807, 2.05) is 0 Å². The number of rotatable bonds is 3. The van der Waals surface area contributed by atoms with Crippen LogP contribution in [0, 0.1) is 0 Å². The van der Waals surface area contributed by atoms with E-state index in [1.165, 1.54) is 17.2 Å². The number of aliphatic carboxylic acids is 1. The van der Waals surface area contributed by atoms with E-state index in [-0.39, 0.29) is 18.2 Å².